The number of carbonyl (C=O) groups is 2. The van der Waals surface area contributed by atoms with Crippen LogP contribution >= 0.6 is 0 Å². The van der Waals surface area contributed by atoms with Crippen molar-refractivity contribution in [3.63, 3.8) is 0 Å². The van der Waals surface area contributed by atoms with E-state index in [0.29, 0.717) is 6.07 Å². The van der Waals surface area contributed by atoms with Gasteiger partial charge in [0.05, 0.1) is 21.3 Å². The number of fused-ring (bicyclic) bond motifs is 1. The summed E-state index contributed by atoms with van der Waals surface area (Å²) in [6.45, 7) is 0. The van der Waals surface area contributed by atoms with Crippen molar-refractivity contribution in [2.75, 3.05) is 0 Å². The number of aliphatic carboxylic acids is 1. The molecule has 0 bridgehead atoms. The zero-order valence-corrected chi connectivity index (χ0v) is 21.3. The van der Waals surface area contributed by atoms with Crippen LogP contribution in [0.25, 0.3) is 0 Å². The Balaban J connectivity index is 0. The third kappa shape index (κ3) is 5.97. The Bertz CT molecular complexity index is 926. The van der Waals surface area contributed by atoms with Gasteiger partial charge >= 0.3 is 94.6 Å². The number of hydrogen-bond donors (Lipinski definition) is 1. The number of aliphatic hydroxyl groups is 1. The van der Waals surface area contributed by atoms with Crippen LogP contribution in [0.15, 0.2) is 21.9 Å². The van der Waals surface area contributed by atoms with Gasteiger partial charge in [-0.3, -0.25) is 0 Å². The normalized spacial score (nSPS) is 16.9. The van der Waals surface area contributed by atoms with Crippen LogP contribution in [0.5, 0.6) is 0 Å². The van der Waals surface area contributed by atoms with Crippen LogP contribution in [-0.4, -0.2) is 49.1 Å². The van der Waals surface area contributed by atoms with Gasteiger partial charge in [0.1, 0.15) is 26.3 Å². The fourth-order valence-electron chi connectivity index (χ4n) is 1.99. The number of carboxylic acids is 1. The fraction of sp³-hybridized carbons (Fsp3) is 0.200. The number of esters is 1. The summed E-state index contributed by atoms with van der Waals surface area (Å²) < 4.78 is 71.1. The Morgan fingerprint density at radius 1 is 1.08 bits per heavy atom. The van der Waals surface area contributed by atoms with Gasteiger partial charge in [-0.2, -0.15) is 0 Å². The SMILES string of the molecule is O=C1OC(C(O)C(=O)[O-])c2cc(S(=O)(=O)[O-])cc(S(=O)(=O)[O-])c21.[Na+].[Na+].[Na+]. The molecule has 2 rings (SSSR count). The smallest absolute Gasteiger partial charge is 0.744 e. The summed E-state index contributed by atoms with van der Waals surface area (Å²) in [5.74, 6) is -3.59. The van der Waals surface area contributed by atoms with E-state index in [9.17, 15) is 45.7 Å². The predicted octanol–water partition coefficient (Wildman–Crippen LogP) is -12.2. The third-order valence-corrected chi connectivity index (χ3v) is 4.61. The number of benzene rings is 1. The van der Waals surface area contributed by atoms with E-state index in [1.54, 1.807) is 0 Å². The summed E-state index contributed by atoms with van der Waals surface area (Å²) >= 11 is 0. The van der Waals surface area contributed by atoms with Crippen LogP contribution in [0, 0.1) is 0 Å². The number of cyclic esters (lactones) is 1. The van der Waals surface area contributed by atoms with E-state index in [4.69, 9.17) is 0 Å². The first-order valence-electron chi connectivity index (χ1n) is 5.53. The molecule has 0 fully saturated rings. The molecule has 2 unspecified atom stereocenters. The summed E-state index contributed by atoms with van der Waals surface area (Å²) in [4.78, 5) is 19.7. The van der Waals surface area contributed by atoms with Crippen molar-refractivity contribution >= 4 is 32.2 Å². The van der Waals surface area contributed by atoms with E-state index in [-0.39, 0.29) is 94.7 Å². The minimum atomic E-state index is -5.41. The summed E-state index contributed by atoms with van der Waals surface area (Å²) in [7, 11) is -10.7. The molecule has 26 heavy (non-hydrogen) atoms. The number of rotatable bonds is 4. The number of aliphatic hydroxyl groups excluding tert-OH is 1. The van der Waals surface area contributed by atoms with Gasteiger partial charge in [0.25, 0.3) is 0 Å². The first-order chi connectivity index (χ1) is 10.3. The molecule has 1 aliphatic rings. The Morgan fingerprint density at radius 3 is 1.96 bits per heavy atom. The van der Waals surface area contributed by atoms with E-state index in [2.05, 4.69) is 4.74 Å². The van der Waals surface area contributed by atoms with E-state index >= 15 is 0 Å². The molecule has 1 N–H and O–H groups in total. The molecule has 11 nitrogen and oxygen atoms in total. The van der Waals surface area contributed by atoms with Crippen molar-refractivity contribution in [2.45, 2.75) is 22.0 Å². The molecule has 0 saturated heterocycles. The molecule has 1 heterocycles. The predicted molar refractivity (Wildman–Crippen MR) is 61.5 cm³/mol. The van der Waals surface area contributed by atoms with Crippen LogP contribution < -0.4 is 93.8 Å². The van der Waals surface area contributed by atoms with Crippen LogP contribution in [0.3, 0.4) is 0 Å². The van der Waals surface area contributed by atoms with Gasteiger partial charge in [-0.05, 0) is 12.1 Å². The molecule has 2 atom stereocenters. The molecule has 1 aliphatic heterocycles. The maximum atomic E-state index is 11.7. The monoisotopic (exact) mass is 434 g/mol. The fourth-order valence-corrected chi connectivity index (χ4v) is 3.32. The van der Waals surface area contributed by atoms with Crippen LogP contribution in [-0.2, 0) is 29.8 Å². The molecular formula is C10H5Na3O11S2. The average Bonchev–Trinajstić information content (AvgIpc) is 2.72. The molecule has 126 valence electrons. The molecule has 0 spiro atoms. The maximum Gasteiger partial charge on any atom is 1.00 e. The van der Waals surface area contributed by atoms with E-state index in [0.717, 1.165) is 0 Å². The molecule has 0 aromatic heterocycles. The van der Waals surface area contributed by atoms with Gasteiger partial charge in [-0.25, -0.2) is 21.6 Å². The Morgan fingerprint density at radius 2 is 1.58 bits per heavy atom. The van der Waals surface area contributed by atoms with E-state index < -0.39 is 65.3 Å². The molecule has 0 amide bonds. The summed E-state index contributed by atoms with van der Waals surface area (Å²) in [5, 5.41) is 20.0. The van der Waals surface area contributed by atoms with Crippen LogP contribution in [0.4, 0.5) is 0 Å². The van der Waals surface area contributed by atoms with Crippen LogP contribution in [0.1, 0.15) is 22.0 Å². The van der Waals surface area contributed by atoms with E-state index in [1.807, 2.05) is 0 Å². The number of carbonyl (C=O) groups excluding carboxylic acids is 2. The zero-order chi connectivity index (χ0) is 17.7. The second-order valence-corrected chi connectivity index (χ2v) is 7.11. The van der Waals surface area contributed by atoms with Crippen molar-refractivity contribution in [3.05, 3.63) is 23.3 Å². The van der Waals surface area contributed by atoms with Crippen molar-refractivity contribution in [1.29, 1.82) is 0 Å². The first kappa shape index (κ1) is 29.1. The molecule has 16 heteroatoms. The van der Waals surface area contributed by atoms with Crippen molar-refractivity contribution in [3.8, 4) is 0 Å². The quantitative estimate of drug-likeness (QED) is 0.268. The summed E-state index contributed by atoms with van der Waals surface area (Å²) in [6.07, 6.45) is -4.52. The summed E-state index contributed by atoms with van der Waals surface area (Å²) in [6, 6.07) is 0.618. The molecule has 0 radical (unpaired) electrons. The molecule has 0 aliphatic carbocycles. The molecular weight excluding hydrogens is 429 g/mol. The van der Waals surface area contributed by atoms with Gasteiger partial charge < -0.3 is 28.8 Å². The minimum Gasteiger partial charge on any atom is -0.744 e. The number of hydrogen-bond acceptors (Lipinski definition) is 11. The second kappa shape index (κ2) is 10.1. The zero-order valence-electron chi connectivity index (χ0n) is 13.7. The first-order valence-corrected chi connectivity index (χ1v) is 8.35. The number of carboxylic acid groups (broad SMARTS) is 1. The van der Waals surface area contributed by atoms with Crippen LogP contribution in [0.2, 0.25) is 0 Å². The Kier molecular flexibility index (Phi) is 11.3. The Labute approximate surface area is 213 Å². The standard InChI is InChI=1S/C10H8O11S2.3Na/c11-7(9(12)13)8-4-1-3(22(15,16)17)2-5(23(18,19)20)6(4)10(14)21-8;;;/h1-2,7-8,11H,(H,12,13)(H,15,16,17)(H,18,19,20);;;/q;3*+1/p-3. The molecule has 1 aromatic carbocycles. The van der Waals surface area contributed by atoms with Crippen molar-refractivity contribution < 1.29 is 139 Å². The summed E-state index contributed by atoms with van der Waals surface area (Å²) in [5.41, 5.74) is -1.68. The molecule has 1 aromatic rings. The molecule has 0 saturated carbocycles. The second-order valence-electron chi connectivity index (χ2n) is 4.38. The van der Waals surface area contributed by atoms with Crippen molar-refractivity contribution in [1.82, 2.24) is 0 Å². The van der Waals surface area contributed by atoms with Gasteiger partial charge in [0.2, 0.25) is 0 Å². The topological polar surface area (TPSA) is 201 Å². The largest absolute Gasteiger partial charge is 1.00 e. The van der Waals surface area contributed by atoms with Gasteiger partial charge in [0.15, 0.2) is 6.10 Å². The van der Waals surface area contributed by atoms with E-state index in [1.165, 1.54) is 0 Å². The number of ether oxygens (including phenoxy) is 1. The third-order valence-electron chi connectivity index (χ3n) is 2.94. The maximum absolute atomic E-state index is 11.7. The van der Waals surface area contributed by atoms with Gasteiger partial charge in [-0.1, -0.05) is 0 Å². The average molecular weight is 434 g/mol. The van der Waals surface area contributed by atoms with Gasteiger partial charge in [0, 0.05) is 5.56 Å². The van der Waals surface area contributed by atoms with Crippen molar-refractivity contribution in [2.24, 2.45) is 0 Å². The van der Waals surface area contributed by atoms with Gasteiger partial charge in [-0.15, -0.1) is 0 Å². The Hall–Kier alpha value is 0.940. The minimum absolute atomic E-state index is 0.